The third kappa shape index (κ3) is 2.22. The highest BCUT2D eigenvalue weighted by Crippen LogP contribution is 2.13. The Hall–Kier alpha value is -1.57. The van der Waals surface area contributed by atoms with Gasteiger partial charge in [0.1, 0.15) is 6.61 Å². The number of esters is 1. The predicted molar refractivity (Wildman–Crippen MR) is 56.4 cm³/mol. The van der Waals surface area contributed by atoms with Crippen LogP contribution in [-0.2, 0) is 4.74 Å². The van der Waals surface area contributed by atoms with Crippen LogP contribution < -0.4 is 0 Å². The maximum atomic E-state index is 11.5. The highest BCUT2D eigenvalue weighted by Gasteiger charge is 2.10. The first-order valence-electron chi connectivity index (χ1n) is 4.51. The van der Waals surface area contributed by atoms with Crippen molar-refractivity contribution in [2.45, 2.75) is 13.8 Å². The van der Waals surface area contributed by atoms with Crippen molar-refractivity contribution in [3.63, 3.8) is 0 Å². The zero-order valence-electron chi connectivity index (χ0n) is 8.54. The summed E-state index contributed by atoms with van der Waals surface area (Å²) in [5.74, 6) is -0.286. The molecule has 0 radical (unpaired) electrons. The molecular weight excluding hydrogens is 176 g/mol. The number of ether oxygens (including phenoxy) is 1. The molecule has 2 heteroatoms. The first kappa shape index (κ1) is 10.5. The molecule has 0 bridgehead atoms. The maximum absolute atomic E-state index is 11.5. The second-order valence-electron chi connectivity index (χ2n) is 3.13. The molecule has 0 aromatic heterocycles. The van der Waals surface area contributed by atoms with E-state index in [9.17, 15) is 4.79 Å². The van der Waals surface area contributed by atoms with Crippen molar-refractivity contribution >= 4 is 5.97 Å². The van der Waals surface area contributed by atoms with Crippen molar-refractivity contribution in [1.29, 1.82) is 0 Å². The Morgan fingerprint density at radius 2 is 2.21 bits per heavy atom. The van der Waals surface area contributed by atoms with Crippen LogP contribution >= 0.6 is 0 Å². The average Bonchev–Trinajstić information content (AvgIpc) is 2.18. The summed E-state index contributed by atoms with van der Waals surface area (Å²) in [6.07, 6.45) is 1.56. The van der Waals surface area contributed by atoms with Crippen molar-refractivity contribution in [3.05, 3.63) is 47.5 Å². The van der Waals surface area contributed by atoms with E-state index in [0.29, 0.717) is 5.56 Å². The molecule has 74 valence electrons. The fraction of sp³-hybridized carbons (Fsp3) is 0.250. The second-order valence-corrected chi connectivity index (χ2v) is 3.13. The van der Waals surface area contributed by atoms with E-state index < -0.39 is 0 Å². The van der Waals surface area contributed by atoms with Gasteiger partial charge in [-0.1, -0.05) is 24.8 Å². The van der Waals surface area contributed by atoms with Gasteiger partial charge in [0, 0.05) is 0 Å². The molecular formula is C12H14O2. The Bertz CT molecular complexity index is 353. The third-order valence-electron chi connectivity index (χ3n) is 2.16. The molecule has 0 unspecified atom stereocenters. The molecule has 0 N–H and O–H groups in total. The molecule has 0 aliphatic rings. The molecule has 0 atom stereocenters. The average molecular weight is 190 g/mol. The van der Waals surface area contributed by atoms with Crippen LogP contribution in [0.15, 0.2) is 30.9 Å². The van der Waals surface area contributed by atoms with E-state index in [4.69, 9.17) is 4.74 Å². The van der Waals surface area contributed by atoms with Crippen molar-refractivity contribution in [1.82, 2.24) is 0 Å². The van der Waals surface area contributed by atoms with Gasteiger partial charge in [-0.05, 0) is 31.0 Å². The van der Waals surface area contributed by atoms with Gasteiger partial charge in [-0.15, -0.1) is 0 Å². The Morgan fingerprint density at radius 1 is 1.50 bits per heavy atom. The third-order valence-corrected chi connectivity index (χ3v) is 2.16. The summed E-state index contributed by atoms with van der Waals surface area (Å²) in [5, 5.41) is 0. The minimum atomic E-state index is -0.286. The Kier molecular flexibility index (Phi) is 3.46. The SMILES string of the molecule is C=CCOC(=O)c1cccc(C)c1C. The Morgan fingerprint density at radius 3 is 2.86 bits per heavy atom. The summed E-state index contributed by atoms with van der Waals surface area (Å²) < 4.78 is 4.96. The van der Waals surface area contributed by atoms with E-state index in [0.717, 1.165) is 11.1 Å². The lowest BCUT2D eigenvalue weighted by Gasteiger charge is -2.07. The summed E-state index contributed by atoms with van der Waals surface area (Å²) in [5.41, 5.74) is 2.70. The summed E-state index contributed by atoms with van der Waals surface area (Å²) in [4.78, 5) is 11.5. The maximum Gasteiger partial charge on any atom is 0.338 e. The normalized spacial score (nSPS) is 9.57. The number of hydrogen-bond acceptors (Lipinski definition) is 2. The molecule has 2 nitrogen and oxygen atoms in total. The Balaban J connectivity index is 2.89. The number of aryl methyl sites for hydroxylation is 1. The van der Waals surface area contributed by atoms with Crippen LogP contribution in [-0.4, -0.2) is 12.6 Å². The van der Waals surface area contributed by atoms with Crippen LogP contribution in [0.5, 0.6) is 0 Å². The van der Waals surface area contributed by atoms with Crippen LogP contribution in [0.3, 0.4) is 0 Å². The van der Waals surface area contributed by atoms with Gasteiger partial charge in [0.15, 0.2) is 0 Å². The van der Waals surface area contributed by atoms with Crippen LogP contribution in [0.4, 0.5) is 0 Å². The van der Waals surface area contributed by atoms with Crippen LogP contribution in [0.25, 0.3) is 0 Å². The van der Waals surface area contributed by atoms with Crippen LogP contribution in [0, 0.1) is 13.8 Å². The first-order chi connectivity index (χ1) is 6.66. The van der Waals surface area contributed by atoms with Gasteiger partial charge in [0.2, 0.25) is 0 Å². The second kappa shape index (κ2) is 4.61. The molecule has 1 aromatic rings. The van der Waals surface area contributed by atoms with Gasteiger partial charge in [0.05, 0.1) is 5.56 Å². The van der Waals surface area contributed by atoms with E-state index in [-0.39, 0.29) is 12.6 Å². The fourth-order valence-electron chi connectivity index (χ4n) is 1.18. The minimum Gasteiger partial charge on any atom is -0.458 e. The van der Waals surface area contributed by atoms with Gasteiger partial charge in [-0.3, -0.25) is 0 Å². The van der Waals surface area contributed by atoms with Crippen molar-refractivity contribution in [2.75, 3.05) is 6.61 Å². The molecule has 0 saturated heterocycles. The Labute approximate surface area is 84.2 Å². The summed E-state index contributed by atoms with van der Waals surface area (Å²) in [6, 6.07) is 5.60. The molecule has 0 aliphatic heterocycles. The fourth-order valence-corrected chi connectivity index (χ4v) is 1.18. The van der Waals surface area contributed by atoms with E-state index in [1.165, 1.54) is 0 Å². The van der Waals surface area contributed by atoms with E-state index in [2.05, 4.69) is 6.58 Å². The zero-order valence-corrected chi connectivity index (χ0v) is 8.54. The largest absolute Gasteiger partial charge is 0.458 e. The number of rotatable bonds is 3. The molecule has 1 aromatic carbocycles. The first-order valence-corrected chi connectivity index (χ1v) is 4.51. The topological polar surface area (TPSA) is 26.3 Å². The van der Waals surface area contributed by atoms with E-state index >= 15 is 0 Å². The predicted octanol–water partition coefficient (Wildman–Crippen LogP) is 2.65. The molecule has 0 heterocycles. The quantitative estimate of drug-likeness (QED) is 0.541. The smallest absolute Gasteiger partial charge is 0.338 e. The number of hydrogen-bond donors (Lipinski definition) is 0. The summed E-state index contributed by atoms with van der Waals surface area (Å²) in [7, 11) is 0. The van der Waals surface area contributed by atoms with Crippen molar-refractivity contribution in [3.8, 4) is 0 Å². The molecule has 14 heavy (non-hydrogen) atoms. The monoisotopic (exact) mass is 190 g/mol. The van der Waals surface area contributed by atoms with Gasteiger partial charge < -0.3 is 4.74 Å². The molecule has 0 fully saturated rings. The van der Waals surface area contributed by atoms with E-state index in [1.807, 2.05) is 26.0 Å². The zero-order chi connectivity index (χ0) is 10.6. The van der Waals surface area contributed by atoms with Crippen LogP contribution in [0.1, 0.15) is 21.5 Å². The van der Waals surface area contributed by atoms with Gasteiger partial charge >= 0.3 is 5.97 Å². The molecule has 1 rings (SSSR count). The molecule has 0 spiro atoms. The highest BCUT2D eigenvalue weighted by atomic mass is 16.5. The lowest BCUT2D eigenvalue weighted by atomic mass is 10.0. The summed E-state index contributed by atoms with van der Waals surface area (Å²) in [6.45, 7) is 7.63. The van der Waals surface area contributed by atoms with Gasteiger partial charge in [-0.25, -0.2) is 4.79 Å². The summed E-state index contributed by atoms with van der Waals surface area (Å²) >= 11 is 0. The minimum absolute atomic E-state index is 0.256. The van der Waals surface area contributed by atoms with E-state index in [1.54, 1.807) is 12.1 Å². The molecule has 0 amide bonds. The standard InChI is InChI=1S/C12H14O2/c1-4-8-14-12(13)11-7-5-6-9(2)10(11)3/h4-7H,1,8H2,2-3H3. The lowest BCUT2D eigenvalue weighted by Crippen LogP contribution is -2.07. The number of benzene rings is 1. The van der Waals surface area contributed by atoms with Crippen molar-refractivity contribution < 1.29 is 9.53 Å². The molecule has 0 saturated carbocycles. The van der Waals surface area contributed by atoms with Crippen molar-refractivity contribution in [2.24, 2.45) is 0 Å². The van der Waals surface area contributed by atoms with Gasteiger partial charge in [-0.2, -0.15) is 0 Å². The van der Waals surface area contributed by atoms with Gasteiger partial charge in [0.25, 0.3) is 0 Å². The molecule has 0 aliphatic carbocycles. The number of carbonyl (C=O) groups excluding carboxylic acids is 1. The van der Waals surface area contributed by atoms with Crippen LogP contribution in [0.2, 0.25) is 0 Å². The highest BCUT2D eigenvalue weighted by molar-refractivity contribution is 5.91. The lowest BCUT2D eigenvalue weighted by molar-refractivity contribution is 0.0549. The number of carbonyl (C=O) groups is 1.